The third-order valence-corrected chi connectivity index (χ3v) is 4.59. The molecule has 142 valence electrons. The lowest BCUT2D eigenvalue weighted by atomic mass is 10.1. The number of nitrogens with zero attached hydrogens (tertiary/aromatic N) is 1. The van der Waals surface area contributed by atoms with E-state index in [9.17, 15) is 9.59 Å². The maximum Gasteiger partial charge on any atom is 0.265 e. The van der Waals surface area contributed by atoms with Crippen LogP contribution in [0.15, 0.2) is 30.3 Å². The van der Waals surface area contributed by atoms with Crippen molar-refractivity contribution in [1.82, 2.24) is 10.3 Å². The van der Waals surface area contributed by atoms with Crippen molar-refractivity contribution in [1.29, 1.82) is 0 Å². The summed E-state index contributed by atoms with van der Waals surface area (Å²) in [5, 5.41) is 3.26. The molecule has 0 saturated carbocycles. The largest absolute Gasteiger partial charge is 0.359 e. The van der Waals surface area contributed by atoms with E-state index >= 15 is 0 Å². The van der Waals surface area contributed by atoms with Crippen LogP contribution in [0.5, 0.6) is 0 Å². The van der Waals surface area contributed by atoms with Crippen molar-refractivity contribution in [3.8, 4) is 0 Å². The number of carbonyl (C=O) groups is 2. The number of nitrogens with one attached hydrogen (secondary N) is 2. The van der Waals surface area contributed by atoms with Gasteiger partial charge < -0.3 is 10.3 Å². The second kappa shape index (κ2) is 6.82. The highest BCUT2D eigenvalue weighted by Gasteiger charge is 2.38. The maximum atomic E-state index is 13.2. The van der Waals surface area contributed by atoms with Gasteiger partial charge in [-0.1, -0.05) is 18.2 Å². The van der Waals surface area contributed by atoms with Crippen molar-refractivity contribution in [3.05, 3.63) is 52.8 Å². The summed E-state index contributed by atoms with van der Waals surface area (Å²) in [5.74, 6) is -0.527. The molecule has 2 heterocycles. The van der Waals surface area contributed by atoms with E-state index in [0.717, 1.165) is 22.5 Å². The average Bonchev–Trinajstić information content (AvgIpc) is 3.02. The number of amides is 2. The SMILES string of the molecule is Cc1cc(C)c(/C=C2\C(=O)N(C(=O)C(C)NC(C)(C)C)c3ccccc32)[nH]1. The van der Waals surface area contributed by atoms with Gasteiger partial charge in [0.05, 0.1) is 17.3 Å². The zero-order valence-electron chi connectivity index (χ0n) is 16.8. The number of anilines is 1. The minimum atomic E-state index is -0.476. The highest BCUT2D eigenvalue weighted by molar-refractivity contribution is 6.42. The number of imide groups is 1. The molecule has 2 aromatic rings. The summed E-state index contributed by atoms with van der Waals surface area (Å²) < 4.78 is 0. The summed E-state index contributed by atoms with van der Waals surface area (Å²) in [6.45, 7) is 11.8. The third kappa shape index (κ3) is 3.74. The van der Waals surface area contributed by atoms with Gasteiger partial charge in [-0.2, -0.15) is 0 Å². The molecular formula is C22H27N3O2. The number of aryl methyl sites for hydroxylation is 2. The minimum absolute atomic E-state index is 0.227. The average molecular weight is 365 g/mol. The summed E-state index contributed by atoms with van der Waals surface area (Å²) in [6.07, 6.45) is 1.85. The first-order valence-corrected chi connectivity index (χ1v) is 9.22. The van der Waals surface area contributed by atoms with E-state index in [-0.39, 0.29) is 17.4 Å². The number of hydrogen-bond acceptors (Lipinski definition) is 3. The molecule has 0 bridgehead atoms. The highest BCUT2D eigenvalue weighted by atomic mass is 16.2. The fourth-order valence-corrected chi connectivity index (χ4v) is 3.55. The van der Waals surface area contributed by atoms with Crippen molar-refractivity contribution in [2.45, 2.75) is 53.1 Å². The Morgan fingerprint density at radius 1 is 1.22 bits per heavy atom. The molecule has 0 fully saturated rings. The summed E-state index contributed by atoms with van der Waals surface area (Å²) in [6, 6.07) is 9.01. The monoisotopic (exact) mass is 365 g/mol. The first-order valence-electron chi connectivity index (χ1n) is 9.22. The van der Waals surface area contributed by atoms with Gasteiger partial charge in [0.25, 0.3) is 11.8 Å². The molecule has 5 heteroatoms. The summed E-state index contributed by atoms with van der Waals surface area (Å²) in [7, 11) is 0. The number of fused-ring (bicyclic) bond motifs is 1. The van der Waals surface area contributed by atoms with Crippen molar-refractivity contribution < 1.29 is 9.59 Å². The quantitative estimate of drug-likeness (QED) is 0.813. The molecule has 3 rings (SSSR count). The van der Waals surface area contributed by atoms with E-state index in [1.807, 2.05) is 71.0 Å². The van der Waals surface area contributed by atoms with Gasteiger partial charge in [0.15, 0.2) is 0 Å². The Bertz CT molecular complexity index is 931. The van der Waals surface area contributed by atoms with Crippen molar-refractivity contribution in [3.63, 3.8) is 0 Å². The molecule has 0 radical (unpaired) electrons. The molecule has 0 aliphatic carbocycles. The van der Waals surface area contributed by atoms with Crippen LogP contribution in [0, 0.1) is 13.8 Å². The molecule has 5 nitrogen and oxygen atoms in total. The normalized spacial score (nSPS) is 16.7. The van der Waals surface area contributed by atoms with E-state index < -0.39 is 6.04 Å². The van der Waals surface area contributed by atoms with E-state index in [1.165, 1.54) is 4.90 Å². The van der Waals surface area contributed by atoms with E-state index in [0.29, 0.717) is 11.3 Å². The minimum Gasteiger partial charge on any atom is -0.359 e. The van der Waals surface area contributed by atoms with Crippen LogP contribution in [0.25, 0.3) is 11.6 Å². The van der Waals surface area contributed by atoms with Crippen LogP contribution in [0.1, 0.15) is 50.2 Å². The van der Waals surface area contributed by atoms with Gasteiger partial charge in [-0.25, -0.2) is 4.90 Å². The fourth-order valence-electron chi connectivity index (χ4n) is 3.55. The fraction of sp³-hybridized carbons (Fsp3) is 0.364. The maximum absolute atomic E-state index is 13.2. The molecule has 0 spiro atoms. The Balaban J connectivity index is 2.02. The van der Waals surface area contributed by atoms with Crippen LogP contribution < -0.4 is 10.2 Å². The number of carbonyl (C=O) groups excluding carboxylic acids is 2. The van der Waals surface area contributed by atoms with Gasteiger partial charge in [0.1, 0.15) is 0 Å². The second-order valence-electron chi connectivity index (χ2n) is 8.22. The number of H-pyrrole nitrogens is 1. The Morgan fingerprint density at radius 3 is 2.48 bits per heavy atom. The predicted octanol–water partition coefficient (Wildman–Crippen LogP) is 3.82. The van der Waals surface area contributed by atoms with Gasteiger partial charge in [-0.05, 0) is 65.3 Å². The van der Waals surface area contributed by atoms with Gasteiger partial charge in [-0.15, -0.1) is 0 Å². The molecule has 1 unspecified atom stereocenters. The molecule has 2 N–H and O–H groups in total. The number of rotatable bonds is 3. The number of para-hydroxylation sites is 1. The second-order valence-corrected chi connectivity index (χ2v) is 8.22. The highest BCUT2D eigenvalue weighted by Crippen LogP contribution is 2.38. The Labute approximate surface area is 160 Å². The molecular weight excluding hydrogens is 338 g/mol. The molecule has 1 aliphatic rings. The van der Waals surface area contributed by atoms with Crippen LogP contribution in [0.4, 0.5) is 5.69 Å². The van der Waals surface area contributed by atoms with Crippen molar-refractivity contribution >= 4 is 29.2 Å². The molecule has 2 amide bonds. The van der Waals surface area contributed by atoms with Crippen molar-refractivity contribution in [2.24, 2.45) is 0 Å². The zero-order chi connectivity index (χ0) is 19.9. The van der Waals surface area contributed by atoms with E-state index in [1.54, 1.807) is 6.92 Å². The first kappa shape index (κ1) is 19.1. The molecule has 1 atom stereocenters. The third-order valence-electron chi connectivity index (χ3n) is 4.59. The Morgan fingerprint density at radius 2 is 1.89 bits per heavy atom. The molecule has 0 saturated heterocycles. The number of aromatic nitrogens is 1. The Hall–Kier alpha value is -2.66. The summed E-state index contributed by atoms with van der Waals surface area (Å²) in [5.41, 5.74) is 4.72. The van der Waals surface area contributed by atoms with Gasteiger partial charge in [0, 0.05) is 22.5 Å². The van der Waals surface area contributed by atoms with E-state index in [2.05, 4.69) is 10.3 Å². The molecule has 1 aromatic heterocycles. The lowest BCUT2D eigenvalue weighted by Crippen LogP contribution is -2.52. The number of benzene rings is 1. The first-order chi connectivity index (χ1) is 12.6. The lowest BCUT2D eigenvalue weighted by molar-refractivity contribution is -0.125. The molecule has 1 aromatic carbocycles. The predicted molar refractivity (Wildman–Crippen MR) is 109 cm³/mol. The van der Waals surface area contributed by atoms with Crippen LogP contribution in [0.3, 0.4) is 0 Å². The lowest BCUT2D eigenvalue weighted by Gasteiger charge is -2.27. The molecule has 27 heavy (non-hydrogen) atoms. The van der Waals surface area contributed by atoms with Gasteiger partial charge >= 0.3 is 0 Å². The Kier molecular flexibility index (Phi) is 4.82. The summed E-state index contributed by atoms with van der Waals surface area (Å²) in [4.78, 5) is 30.8. The smallest absolute Gasteiger partial charge is 0.265 e. The number of aromatic amines is 1. The molecule has 1 aliphatic heterocycles. The van der Waals surface area contributed by atoms with Crippen LogP contribution >= 0.6 is 0 Å². The van der Waals surface area contributed by atoms with Crippen LogP contribution in [-0.4, -0.2) is 28.4 Å². The summed E-state index contributed by atoms with van der Waals surface area (Å²) >= 11 is 0. The van der Waals surface area contributed by atoms with Crippen LogP contribution in [0.2, 0.25) is 0 Å². The zero-order valence-corrected chi connectivity index (χ0v) is 16.8. The number of hydrogen-bond donors (Lipinski definition) is 2. The van der Waals surface area contributed by atoms with E-state index in [4.69, 9.17) is 0 Å². The topological polar surface area (TPSA) is 65.2 Å². The van der Waals surface area contributed by atoms with Gasteiger partial charge in [0.2, 0.25) is 0 Å². The van der Waals surface area contributed by atoms with Gasteiger partial charge in [-0.3, -0.25) is 9.59 Å². The standard InChI is InChI=1S/C22H27N3O2/c1-13-11-14(2)23-18(13)12-17-16-9-7-8-10-19(16)25(21(17)27)20(26)15(3)24-22(4,5)6/h7-12,15,23-24H,1-6H3/b17-12-. The van der Waals surface area contributed by atoms with Crippen LogP contribution in [-0.2, 0) is 9.59 Å². The van der Waals surface area contributed by atoms with Crippen molar-refractivity contribution in [2.75, 3.05) is 4.90 Å².